The van der Waals surface area contributed by atoms with E-state index in [0.29, 0.717) is 0 Å². The summed E-state index contributed by atoms with van der Waals surface area (Å²) >= 11 is 0. The average molecular weight is 269 g/mol. The smallest absolute Gasteiger partial charge is 0.228 e. The van der Waals surface area contributed by atoms with E-state index < -0.39 is 0 Å². The van der Waals surface area contributed by atoms with E-state index in [0.717, 1.165) is 31.6 Å². The van der Waals surface area contributed by atoms with E-state index in [1.165, 1.54) is 11.1 Å². The monoisotopic (exact) mass is 268 g/mol. The fourth-order valence-electron chi connectivity index (χ4n) is 2.37. The molecular formula is C14H21ClN2O. The molecule has 1 amide bonds. The number of benzene rings is 1. The molecule has 0 spiro atoms. The number of hydrogen-bond donors (Lipinski definition) is 2. The largest absolute Gasteiger partial charge is 0.326 e. The van der Waals surface area contributed by atoms with Crippen LogP contribution < -0.4 is 10.6 Å². The Kier molecular flexibility index (Phi) is 5.63. The number of halogens is 1. The Labute approximate surface area is 115 Å². The molecule has 100 valence electrons. The average Bonchev–Trinajstić information content (AvgIpc) is 2.28. The minimum absolute atomic E-state index is 0. The lowest BCUT2D eigenvalue weighted by Crippen LogP contribution is -2.37. The summed E-state index contributed by atoms with van der Waals surface area (Å²) in [5.74, 6) is 0.256. The molecule has 0 unspecified atom stereocenters. The Morgan fingerprint density at radius 1 is 1.28 bits per heavy atom. The standard InChI is InChI=1S/C14H20N2O.ClH/c1-10-6-11(2)8-13(7-10)16-14(17)12-4-3-5-15-9-12;/h6-8,12,15H,3-5,9H2,1-2H3,(H,16,17);1H/t12-;/m1./s1. The van der Waals surface area contributed by atoms with Crippen LogP contribution in [0.5, 0.6) is 0 Å². The Hall–Kier alpha value is -1.06. The van der Waals surface area contributed by atoms with E-state index in [2.05, 4.69) is 16.7 Å². The highest BCUT2D eigenvalue weighted by molar-refractivity contribution is 5.92. The third-order valence-corrected chi connectivity index (χ3v) is 3.16. The highest BCUT2D eigenvalue weighted by Crippen LogP contribution is 2.17. The van der Waals surface area contributed by atoms with E-state index in [-0.39, 0.29) is 24.2 Å². The number of piperidine rings is 1. The number of carbonyl (C=O) groups excluding carboxylic acids is 1. The lowest BCUT2D eigenvalue weighted by atomic mass is 9.98. The van der Waals surface area contributed by atoms with Gasteiger partial charge in [0.1, 0.15) is 0 Å². The zero-order valence-electron chi connectivity index (χ0n) is 11.0. The summed E-state index contributed by atoms with van der Waals surface area (Å²) in [6.45, 7) is 5.93. The van der Waals surface area contributed by atoms with E-state index in [1.54, 1.807) is 0 Å². The van der Waals surface area contributed by atoms with Crippen molar-refractivity contribution in [3.63, 3.8) is 0 Å². The van der Waals surface area contributed by atoms with E-state index in [9.17, 15) is 4.79 Å². The molecule has 0 aliphatic carbocycles. The summed E-state index contributed by atoms with van der Waals surface area (Å²) in [7, 11) is 0. The normalized spacial score (nSPS) is 18.9. The summed E-state index contributed by atoms with van der Waals surface area (Å²) < 4.78 is 0. The van der Waals surface area contributed by atoms with Crippen molar-refractivity contribution in [2.45, 2.75) is 26.7 Å². The number of carbonyl (C=O) groups is 1. The van der Waals surface area contributed by atoms with Crippen molar-refractivity contribution < 1.29 is 4.79 Å². The van der Waals surface area contributed by atoms with Crippen LogP contribution in [0.1, 0.15) is 24.0 Å². The molecule has 1 aromatic rings. The first kappa shape index (κ1) is 15.0. The SMILES string of the molecule is Cc1cc(C)cc(NC(=O)[C@@H]2CCCNC2)c1.Cl. The number of hydrogen-bond acceptors (Lipinski definition) is 2. The molecule has 18 heavy (non-hydrogen) atoms. The summed E-state index contributed by atoms with van der Waals surface area (Å²) in [4.78, 5) is 12.0. The maximum atomic E-state index is 12.0. The Morgan fingerprint density at radius 3 is 2.50 bits per heavy atom. The van der Waals surface area contributed by atoms with Crippen LogP contribution in [0.25, 0.3) is 0 Å². The summed E-state index contributed by atoms with van der Waals surface area (Å²) in [5.41, 5.74) is 3.28. The van der Waals surface area contributed by atoms with Gasteiger partial charge in [-0.25, -0.2) is 0 Å². The van der Waals surface area contributed by atoms with Crippen molar-refractivity contribution in [1.82, 2.24) is 5.32 Å². The third kappa shape index (κ3) is 4.00. The molecule has 2 rings (SSSR count). The zero-order chi connectivity index (χ0) is 12.3. The predicted octanol–water partition coefficient (Wildman–Crippen LogP) is 2.66. The van der Waals surface area contributed by atoms with Gasteiger partial charge in [0.05, 0.1) is 5.92 Å². The van der Waals surface area contributed by atoms with Crippen LogP contribution in [0.3, 0.4) is 0 Å². The van der Waals surface area contributed by atoms with Gasteiger partial charge in [0.25, 0.3) is 0 Å². The maximum Gasteiger partial charge on any atom is 0.228 e. The molecule has 4 heteroatoms. The molecule has 1 atom stereocenters. The number of rotatable bonds is 2. The van der Waals surface area contributed by atoms with Gasteiger partial charge in [-0.2, -0.15) is 0 Å². The van der Waals surface area contributed by atoms with Crippen LogP contribution in [0.15, 0.2) is 18.2 Å². The quantitative estimate of drug-likeness (QED) is 0.866. The first-order valence-electron chi connectivity index (χ1n) is 6.25. The zero-order valence-corrected chi connectivity index (χ0v) is 11.8. The topological polar surface area (TPSA) is 41.1 Å². The van der Waals surface area contributed by atoms with Gasteiger partial charge in [-0.3, -0.25) is 4.79 Å². The molecule has 0 radical (unpaired) electrons. The summed E-state index contributed by atoms with van der Waals surface area (Å²) in [6.07, 6.45) is 2.08. The predicted molar refractivity (Wildman–Crippen MR) is 77.4 cm³/mol. The first-order chi connectivity index (χ1) is 8.15. The maximum absolute atomic E-state index is 12.0. The van der Waals surface area contributed by atoms with Crippen LogP contribution in [-0.2, 0) is 4.79 Å². The van der Waals surface area contributed by atoms with Gasteiger partial charge in [-0.1, -0.05) is 6.07 Å². The van der Waals surface area contributed by atoms with Crippen LogP contribution in [0.4, 0.5) is 5.69 Å². The van der Waals surface area contributed by atoms with Crippen LogP contribution >= 0.6 is 12.4 Å². The van der Waals surface area contributed by atoms with Crippen LogP contribution in [0, 0.1) is 19.8 Å². The lowest BCUT2D eigenvalue weighted by Gasteiger charge is -2.22. The first-order valence-corrected chi connectivity index (χ1v) is 6.25. The number of aryl methyl sites for hydroxylation is 2. The molecule has 0 aromatic heterocycles. The van der Waals surface area contributed by atoms with E-state index >= 15 is 0 Å². The Morgan fingerprint density at radius 2 is 1.94 bits per heavy atom. The number of nitrogens with one attached hydrogen (secondary N) is 2. The van der Waals surface area contributed by atoms with Gasteiger partial charge in [0.15, 0.2) is 0 Å². The van der Waals surface area contributed by atoms with Gasteiger partial charge < -0.3 is 10.6 Å². The number of anilines is 1. The minimum Gasteiger partial charge on any atom is -0.326 e. The van der Waals surface area contributed by atoms with E-state index in [4.69, 9.17) is 0 Å². The third-order valence-electron chi connectivity index (χ3n) is 3.16. The van der Waals surface area contributed by atoms with Crippen molar-refractivity contribution in [3.8, 4) is 0 Å². The van der Waals surface area contributed by atoms with Crippen molar-refractivity contribution >= 4 is 24.0 Å². The highest BCUT2D eigenvalue weighted by Gasteiger charge is 2.20. The van der Waals surface area contributed by atoms with E-state index in [1.807, 2.05) is 26.0 Å². The van der Waals surface area contributed by atoms with Crippen LogP contribution in [-0.4, -0.2) is 19.0 Å². The molecule has 1 aliphatic heterocycles. The fraction of sp³-hybridized carbons (Fsp3) is 0.500. The second-order valence-electron chi connectivity index (χ2n) is 4.91. The van der Waals surface area contributed by atoms with Gasteiger partial charge >= 0.3 is 0 Å². The number of amides is 1. The minimum atomic E-state index is 0. The molecule has 3 nitrogen and oxygen atoms in total. The van der Waals surface area contributed by atoms with Crippen molar-refractivity contribution in [1.29, 1.82) is 0 Å². The molecule has 2 N–H and O–H groups in total. The molecule has 1 heterocycles. The molecule has 0 bridgehead atoms. The highest BCUT2D eigenvalue weighted by atomic mass is 35.5. The van der Waals surface area contributed by atoms with Gasteiger partial charge in [-0.05, 0) is 56.5 Å². The molecular weight excluding hydrogens is 248 g/mol. The van der Waals surface area contributed by atoms with Crippen molar-refractivity contribution in [2.75, 3.05) is 18.4 Å². The Bertz CT molecular complexity index is 394. The van der Waals surface area contributed by atoms with Gasteiger partial charge in [-0.15, -0.1) is 12.4 Å². The second kappa shape index (κ2) is 6.76. The van der Waals surface area contributed by atoms with Crippen LogP contribution in [0.2, 0.25) is 0 Å². The summed E-state index contributed by atoms with van der Waals surface area (Å²) in [5, 5.41) is 6.28. The second-order valence-corrected chi connectivity index (χ2v) is 4.91. The molecule has 1 aliphatic rings. The fourth-order valence-corrected chi connectivity index (χ4v) is 2.37. The molecule has 1 aromatic carbocycles. The van der Waals surface area contributed by atoms with Crippen molar-refractivity contribution in [3.05, 3.63) is 29.3 Å². The Balaban J connectivity index is 0.00000162. The summed E-state index contributed by atoms with van der Waals surface area (Å²) in [6, 6.07) is 6.14. The molecule has 1 fully saturated rings. The lowest BCUT2D eigenvalue weighted by molar-refractivity contribution is -0.120. The molecule has 0 saturated carbocycles. The van der Waals surface area contributed by atoms with Crippen molar-refractivity contribution in [2.24, 2.45) is 5.92 Å². The van der Waals surface area contributed by atoms with Gasteiger partial charge in [0.2, 0.25) is 5.91 Å². The molecule has 1 saturated heterocycles. The van der Waals surface area contributed by atoms with Gasteiger partial charge in [0, 0.05) is 12.2 Å².